The number of carbonyl (C=O) groups excluding carboxylic acids is 1. The molecule has 2 N–H and O–H groups in total. The van der Waals surface area contributed by atoms with Crippen LogP contribution >= 0.6 is 11.6 Å². The number of pyridine rings is 1. The molecule has 0 aliphatic carbocycles. The van der Waals surface area contributed by atoms with Gasteiger partial charge in [0.15, 0.2) is 0 Å². The zero-order valence-corrected chi connectivity index (χ0v) is 13.4. The van der Waals surface area contributed by atoms with E-state index in [1.807, 2.05) is 14.1 Å². The fourth-order valence-corrected chi connectivity index (χ4v) is 2.00. The van der Waals surface area contributed by atoms with E-state index in [9.17, 15) is 4.79 Å². The number of aromatic nitrogens is 1. The van der Waals surface area contributed by atoms with E-state index in [0.717, 1.165) is 18.9 Å². The number of nitrogens with zero attached hydrogens (tertiary/aromatic N) is 2. The number of anilines is 2. The first-order valence-electron chi connectivity index (χ1n) is 6.96. The average molecular weight is 319 g/mol. The van der Waals surface area contributed by atoms with Crippen molar-refractivity contribution in [1.82, 2.24) is 9.88 Å². The summed E-state index contributed by atoms with van der Waals surface area (Å²) in [5, 5.41) is 6.56. The van der Waals surface area contributed by atoms with Gasteiger partial charge in [0.05, 0.1) is 5.56 Å². The van der Waals surface area contributed by atoms with E-state index in [0.29, 0.717) is 16.3 Å². The molecule has 0 fully saturated rings. The van der Waals surface area contributed by atoms with Crippen molar-refractivity contribution >= 4 is 29.0 Å². The summed E-state index contributed by atoms with van der Waals surface area (Å²) in [7, 11) is 4.02. The summed E-state index contributed by atoms with van der Waals surface area (Å²) in [5.41, 5.74) is 1.16. The molecule has 2 aromatic rings. The fraction of sp³-hybridized carbons (Fsp3) is 0.250. The number of nitrogens with one attached hydrogen (secondary N) is 2. The minimum atomic E-state index is -0.213. The van der Waals surface area contributed by atoms with Crippen LogP contribution in [0.4, 0.5) is 11.5 Å². The zero-order valence-electron chi connectivity index (χ0n) is 12.6. The Labute approximate surface area is 135 Å². The van der Waals surface area contributed by atoms with E-state index in [1.165, 1.54) is 0 Å². The van der Waals surface area contributed by atoms with Gasteiger partial charge in [-0.3, -0.25) is 4.79 Å². The van der Waals surface area contributed by atoms with Gasteiger partial charge in [0.1, 0.15) is 5.82 Å². The first kappa shape index (κ1) is 16.3. The highest BCUT2D eigenvalue weighted by molar-refractivity contribution is 6.30. The second-order valence-electron chi connectivity index (χ2n) is 5.13. The Hall–Kier alpha value is -2.11. The number of benzene rings is 1. The molecule has 0 unspecified atom stereocenters. The first-order chi connectivity index (χ1) is 10.5. The standard InChI is InChI=1S/C16H19ClN4O/c1-21(2)9-8-18-15-7-6-12(11-19-15)16(22)20-14-5-3-4-13(17)10-14/h3-7,10-11H,8-9H2,1-2H3,(H,18,19)(H,20,22). The average Bonchev–Trinajstić information content (AvgIpc) is 2.47. The molecule has 22 heavy (non-hydrogen) atoms. The molecule has 6 heteroatoms. The number of likely N-dealkylation sites (N-methyl/N-ethyl adjacent to an activating group) is 1. The lowest BCUT2D eigenvalue weighted by atomic mass is 10.2. The van der Waals surface area contributed by atoms with Gasteiger partial charge in [-0.05, 0) is 44.4 Å². The number of halogens is 1. The summed E-state index contributed by atoms with van der Waals surface area (Å²) in [6, 6.07) is 10.6. The Morgan fingerprint density at radius 1 is 1.27 bits per heavy atom. The molecular formula is C16H19ClN4O. The maximum Gasteiger partial charge on any atom is 0.257 e. The van der Waals surface area contributed by atoms with Crippen LogP contribution in [0.5, 0.6) is 0 Å². The van der Waals surface area contributed by atoms with Crippen LogP contribution in [0, 0.1) is 0 Å². The molecule has 5 nitrogen and oxygen atoms in total. The van der Waals surface area contributed by atoms with Crippen molar-refractivity contribution in [2.45, 2.75) is 0 Å². The minimum Gasteiger partial charge on any atom is -0.369 e. The molecular weight excluding hydrogens is 300 g/mol. The van der Waals surface area contributed by atoms with Crippen molar-refractivity contribution in [3.05, 3.63) is 53.2 Å². The molecule has 0 radical (unpaired) electrons. The van der Waals surface area contributed by atoms with Crippen molar-refractivity contribution in [3.63, 3.8) is 0 Å². The Morgan fingerprint density at radius 3 is 2.73 bits per heavy atom. The van der Waals surface area contributed by atoms with Crippen LogP contribution in [0.15, 0.2) is 42.6 Å². The van der Waals surface area contributed by atoms with Crippen LogP contribution in [0.3, 0.4) is 0 Å². The number of amides is 1. The summed E-state index contributed by atoms with van der Waals surface area (Å²) in [6.07, 6.45) is 1.55. The maximum absolute atomic E-state index is 12.1. The van der Waals surface area contributed by atoms with E-state index in [4.69, 9.17) is 11.6 Å². The SMILES string of the molecule is CN(C)CCNc1ccc(C(=O)Nc2cccc(Cl)c2)cn1. The van der Waals surface area contributed by atoms with Gasteiger partial charge in [-0.1, -0.05) is 17.7 Å². The highest BCUT2D eigenvalue weighted by Gasteiger charge is 2.07. The maximum atomic E-state index is 12.1. The molecule has 1 aromatic carbocycles. The van der Waals surface area contributed by atoms with Gasteiger partial charge >= 0.3 is 0 Å². The van der Waals surface area contributed by atoms with Crippen molar-refractivity contribution < 1.29 is 4.79 Å². The first-order valence-corrected chi connectivity index (χ1v) is 7.34. The molecule has 1 aromatic heterocycles. The van der Waals surface area contributed by atoms with Gasteiger partial charge in [-0.15, -0.1) is 0 Å². The van der Waals surface area contributed by atoms with Crippen molar-refractivity contribution in [3.8, 4) is 0 Å². The largest absolute Gasteiger partial charge is 0.369 e. The molecule has 0 aliphatic heterocycles. The summed E-state index contributed by atoms with van der Waals surface area (Å²) in [5.74, 6) is 0.538. The smallest absolute Gasteiger partial charge is 0.257 e. The van der Waals surface area contributed by atoms with E-state index < -0.39 is 0 Å². The number of hydrogen-bond acceptors (Lipinski definition) is 4. The third-order valence-electron chi connectivity index (χ3n) is 2.97. The topological polar surface area (TPSA) is 57.3 Å². The van der Waals surface area contributed by atoms with E-state index in [1.54, 1.807) is 42.6 Å². The van der Waals surface area contributed by atoms with Crippen molar-refractivity contribution in [2.24, 2.45) is 0 Å². The highest BCUT2D eigenvalue weighted by Crippen LogP contribution is 2.16. The number of carbonyl (C=O) groups is 1. The molecule has 0 aliphatic rings. The Morgan fingerprint density at radius 2 is 2.09 bits per heavy atom. The van der Waals surface area contributed by atoms with Crippen LogP contribution in [0.1, 0.15) is 10.4 Å². The molecule has 1 amide bonds. The predicted molar refractivity (Wildman–Crippen MR) is 90.7 cm³/mol. The van der Waals surface area contributed by atoms with Crippen LogP contribution in [0.2, 0.25) is 5.02 Å². The molecule has 0 saturated heterocycles. The van der Waals surface area contributed by atoms with Gasteiger partial charge < -0.3 is 15.5 Å². The van der Waals surface area contributed by atoms with E-state index in [2.05, 4.69) is 20.5 Å². The number of rotatable bonds is 6. The molecule has 0 spiro atoms. The normalized spacial score (nSPS) is 10.5. The van der Waals surface area contributed by atoms with Crippen LogP contribution in [0.25, 0.3) is 0 Å². The van der Waals surface area contributed by atoms with Crippen LogP contribution in [-0.2, 0) is 0 Å². The van der Waals surface area contributed by atoms with Gasteiger partial charge in [0, 0.05) is 30.0 Å². The number of hydrogen-bond donors (Lipinski definition) is 2. The lowest BCUT2D eigenvalue weighted by molar-refractivity contribution is 0.102. The monoisotopic (exact) mass is 318 g/mol. The van der Waals surface area contributed by atoms with Gasteiger partial charge in [-0.25, -0.2) is 4.98 Å². The third-order valence-corrected chi connectivity index (χ3v) is 3.21. The minimum absolute atomic E-state index is 0.213. The molecule has 116 valence electrons. The summed E-state index contributed by atoms with van der Waals surface area (Å²) in [4.78, 5) is 18.4. The Balaban J connectivity index is 1.93. The summed E-state index contributed by atoms with van der Waals surface area (Å²) >= 11 is 5.89. The van der Waals surface area contributed by atoms with E-state index in [-0.39, 0.29) is 5.91 Å². The van der Waals surface area contributed by atoms with Crippen molar-refractivity contribution in [1.29, 1.82) is 0 Å². The van der Waals surface area contributed by atoms with Crippen LogP contribution < -0.4 is 10.6 Å². The lowest BCUT2D eigenvalue weighted by Crippen LogP contribution is -2.21. The lowest BCUT2D eigenvalue weighted by Gasteiger charge is -2.11. The molecule has 0 atom stereocenters. The van der Waals surface area contributed by atoms with Crippen molar-refractivity contribution in [2.75, 3.05) is 37.8 Å². The van der Waals surface area contributed by atoms with Gasteiger partial charge in [0.2, 0.25) is 0 Å². The summed E-state index contributed by atoms with van der Waals surface area (Å²) < 4.78 is 0. The van der Waals surface area contributed by atoms with Crippen LogP contribution in [-0.4, -0.2) is 43.0 Å². The fourth-order valence-electron chi connectivity index (χ4n) is 1.81. The Bertz CT molecular complexity index is 628. The molecule has 0 saturated carbocycles. The quantitative estimate of drug-likeness (QED) is 0.859. The molecule has 0 bridgehead atoms. The van der Waals surface area contributed by atoms with E-state index >= 15 is 0 Å². The third kappa shape index (κ3) is 5.02. The second kappa shape index (κ2) is 7.77. The Kier molecular flexibility index (Phi) is 5.75. The van der Waals surface area contributed by atoms with Gasteiger partial charge in [0.25, 0.3) is 5.91 Å². The zero-order chi connectivity index (χ0) is 15.9. The van der Waals surface area contributed by atoms with Gasteiger partial charge in [-0.2, -0.15) is 0 Å². The predicted octanol–water partition coefficient (Wildman–Crippen LogP) is 2.96. The molecule has 1 heterocycles. The second-order valence-corrected chi connectivity index (χ2v) is 5.56. The summed E-state index contributed by atoms with van der Waals surface area (Å²) in [6.45, 7) is 1.72. The molecule has 2 rings (SSSR count). The highest BCUT2D eigenvalue weighted by atomic mass is 35.5.